The Morgan fingerprint density at radius 3 is 2.94 bits per heavy atom. The molecule has 0 spiro atoms. The van der Waals surface area contributed by atoms with Gasteiger partial charge in [0.1, 0.15) is 5.60 Å². The normalized spacial score (nSPS) is 32.7. The van der Waals surface area contributed by atoms with Gasteiger partial charge >= 0.3 is 0 Å². The van der Waals surface area contributed by atoms with Crippen LogP contribution in [0.25, 0.3) is 0 Å². The predicted octanol–water partition coefficient (Wildman–Crippen LogP) is 2.46. The van der Waals surface area contributed by atoms with Crippen LogP contribution in [0, 0.1) is 0 Å². The summed E-state index contributed by atoms with van der Waals surface area (Å²) in [5, 5.41) is 15.3. The molecular weight excluding hydrogens is 228 g/mol. The standard InChI is InChI=1S/C14H24N2O2/c1-4-9-16-12(6-8-15-16)14(17)7-10-18-13(3,5-2)11-14/h6,8,17H,4-5,7,9-11H2,1-3H3. The van der Waals surface area contributed by atoms with E-state index < -0.39 is 5.60 Å². The van der Waals surface area contributed by atoms with Crippen LogP contribution in [-0.4, -0.2) is 27.1 Å². The molecule has 4 heteroatoms. The third-order valence-electron chi connectivity index (χ3n) is 4.01. The molecule has 1 saturated heterocycles. The van der Waals surface area contributed by atoms with Crippen LogP contribution in [0.3, 0.4) is 0 Å². The molecule has 1 aliphatic rings. The lowest BCUT2D eigenvalue weighted by atomic mass is 9.80. The van der Waals surface area contributed by atoms with Crippen LogP contribution in [-0.2, 0) is 16.9 Å². The number of ether oxygens (including phenoxy) is 1. The summed E-state index contributed by atoms with van der Waals surface area (Å²) in [5.74, 6) is 0. The lowest BCUT2D eigenvalue weighted by Gasteiger charge is -2.43. The molecule has 1 N–H and O–H groups in total. The van der Waals surface area contributed by atoms with Gasteiger partial charge in [-0.15, -0.1) is 0 Å². The van der Waals surface area contributed by atoms with Gasteiger partial charge in [-0.3, -0.25) is 4.68 Å². The maximum Gasteiger partial charge on any atom is 0.111 e. The van der Waals surface area contributed by atoms with E-state index in [-0.39, 0.29) is 5.60 Å². The lowest BCUT2D eigenvalue weighted by Crippen LogP contribution is -2.46. The smallest absolute Gasteiger partial charge is 0.111 e. The Morgan fingerprint density at radius 1 is 1.50 bits per heavy atom. The molecule has 2 atom stereocenters. The molecule has 0 aliphatic carbocycles. The second-order valence-electron chi connectivity index (χ2n) is 5.55. The second-order valence-corrected chi connectivity index (χ2v) is 5.55. The number of hydrogen-bond acceptors (Lipinski definition) is 3. The number of aryl methyl sites for hydroxylation is 1. The third kappa shape index (κ3) is 2.45. The summed E-state index contributed by atoms with van der Waals surface area (Å²) < 4.78 is 7.75. The summed E-state index contributed by atoms with van der Waals surface area (Å²) in [6, 6.07) is 1.94. The fourth-order valence-electron chi connectivity index (χ4n) is 2.79. The Labute approximate surface area is 109 Å². The van der Waals surface area contributed by atoms with Crippen LogP contribution in [0.4, 0.5) is 0 Å². The highest BCUT2D eigenvalue weighted by Gasteiger charge is 2.43. The summed E-state index contributed by atoms with van der Waals surface area (Å²) in [7, 11) is 0. The third-order valence-corrected chi connectivity index (χ3v) is 4.01. The highest BCUT2D eigenvalue weighted by Crippen LogP contribution is 2.40. The van der Waals surface area contributed by atoms with Crippen molar-refractivity contribution in [3.63, 3.8) is 0 Å². The van der Waals surface area contributed by atoms with Crippen molar-refractivity contribution in [3.05, 3.63) is 18.0 Å². The van der Waals surface area contributed by atoms with Gasteiger partial charge in [-0.25, -0.2) is 0 Å². The maximum absolute atomic E-state index is 11.0. The Kier molecular flexibility index (Phi) is 3.78. The summed E-state index contributed by atoms with van der Waals surface area (Å²) in [4.78, 5) is 0. The van der Waals surface area contributed by atoms with Crippen LogP contribution in [0.15, 0.2) is 12.3 Å². The van der Waals surface area contributed by atoms with E-state index in [0.717, 1.165) is 25.1 Å². The minimum atomic E-state index is -0.797. The van der Waals surface area contributed by atoms with Crippen LogP contribution < -0.4 is 0 Å². The van der Waals surface area contributed by atoms with Gasteiger partial charge in [0.25, 0.3) is 0 Å². The van der Waals surface area contributed by atoms with Crippen LogP contribution in [0.2, 0.25) is 0 Å². The topological polar surface area (TPSA) is 47.3 Å². The molecule has 0 saturated carbocycles. The zero-order valence-electron chi connectivity index (χ0n) is 11.6. The number of aliphatic hydroxyl groups is 1. The lowest BCUT2D eigenvalue weighted by molar-refractivity contribution is -0.160. The maximum atomic E-state index is 11.0. The largest absolute Gasteiger partial charge is 0.383 e. The molecular formula is C14H24N2O2. The van der Waals surface area contributed by atoms with Crippen molar-refractivity contribution in [2.45, 2.75) is 64.2 Å². The van der Waals surface area contributed by atoms with Crippen LogP contribution >= 0.6 is 0 Å². The molecule has 0 aromatic carbocycles. The first-order valence-electron chi connectivity index (χ1n) is 6.91. The Bertz CT molecular complexity index is 404. The van der Waals surface area contributed by atoms with Gasteiger partial charge in [-0.2, -0.15) is 5.10 Å². The van der Waals surface area contributed by atoms with Crippen molar-refractivity contribution in [1.82, 2.24) is 9.78 Å². The van der Waals surface area contributed by atoms with Crippen molar-refractivity contribution in [2.24, 2.45) is 0 Å². The molecule has 2 heterocycles. The van der Waals surface area contributed by atoms with Crippen molar-refractivity contribution in [1.29, 1.82) is 0 Å². The van der Waals surface area contributed by atoms with Crippen molar-refractivity contribution < 1.29 is 9.84 Å². The van der Waals surface area contributed by atoms with E-state index in [4.69, 9.17) is 4.74 Å². The SMILES string of the molecule is CCCn1nccc1C1(O)CCOC(C)(CC)C1. The average molecular weight is 252 g/mol. The number of nitrogens with zero attached hydrogens (tertiary/aromatic N) is 2. The van der Waals surface area contributed by atoms with Crippen molar-refractivity contribution >= 4 is 0 Å². The summed E-state index contributed by atoms with van der Waals surface area (Å²) in [6.07, 6.45) is 5.01. The molecule has 18 heavy (non-hydrogen) atoms. The van der Waals surface area contributed by atoms with Gasteiger partial charge in [-0.1, -0.05) is 13.8 Å². The van der Waals surface area contributed by atoms with Gasteiger partial charge in [0.2, 0.25) is 0 Å². The van der Waals surface area contributed by atoms with E-state index in [2.05, 4.69) is 25.9 Å². The molecule has 1 aromatic rings. The summed E-state index contributed by atoms with van der Waals surface area (Å²) in [6.45, 7) is 7.77. The number of hydrogen-bond donors (Lipinski definition) is 1. The fourth-order valence-corrected chi connectivity index (χ4v) is 2.79. The highest BCUT2D eigenvalue weighted by molar-refractivity contribution is 5.14. The summed E-state index contributed by atoms with van der Waals surface area (Å²) >= 11 is 0. The Morgan fingerprint density at radius 2 is 2.28 bits per heavy atom. The van der Waals surface area contributed by atoms with E-state index in [9.17, 15) is 5.11 Å². The zero-order valence-corrected chi connectivity index (χ0v) is 11.6. The van der Waals surface area contributed by atoms with E-state index in [1.807, 2.05) is 10.7 Å². The molecule has 0 bridgehead atoms. The Hall–Kier alpha value is -0.870. The first-order valence-corrected chi connectivity index (χ1v) is 6.91. The molecule has 102 valence electrons. The average Bonchev–Trinajstić information content (AvgIpc) is 2.78. The van der Waals surface area contributed by atoms with Gasteiger partial charge in [-0.05, 0) is 25.8 Å². The van der Waals surface area contributed by atoms with Gasteiger partial charge in [0.05, 0.1) is 17.9 Å². The summed E-state index contributed by atoms with van der Waals surface area (Å²) in [5.41, 5.74) is -0.0875. The van der Waals surface area contributed by atoms with Gasteiger partial charge in [0, 0.05) is 25.6 Å². The van der Waals surface area contributed by atoms with Crippen LogP contribution in [0.5, 0.6) is 0 Å². The number of aromatic nitrogens is 2. The van der Waals surface area contributed by atoms with Crippen molar-refractivity contribution in [2.75, 3.05) is 6.61 Å². The molecule has 0 radical (unpaired) electrons. The molecule has 0 amide bonds. The Balaban J connectivity index is 2.27. The fraction of sp³-hybridized carbons (Fsp3) is 0.786. The quantitative estimate of drug-likeness (QED) is 0.895. The second kappa shape index (κ2) is 5.02. The van der Waals surface area contributed by atoms with E-state index in [0.29, 0.717) is 19.4 Å². The highest BCUT2D eigenvalue weighted by atomic mass is 16.5. The van der Waals surface area contributed by atoms with Crippen LogP contribution in [0.1, 0.15) is 52.1 Å². The molecule has 1 aliphatic heterocycles. The predicted molar refractivity (Wildman–Crippen MR) is 70.3 cm³/mol. The van der Waals surface area contributed by atoms with Gasteiger partial charge < -0.3 is 9.84 Å². The van der Waals surface area contributed by atoms with Gasteiger partial charge in [0.15, 0.2) is 0 Å². The van der Waals surface area contributed by atoms with E-state index >= 15 is 0 Å². The zero-order chi connectivity index (χ0) is 13.2. The molecule has 1 fully saturated rings. The minimum absolute atomic E-state index is 0.228. The van der Waals surface area contributed by atoms with E-state index in [1.165, 1.54) is 0 Å². The molecule has 2 unspecified atom stereocenters. The van der Waals surface area contributed by atoms with Crippen molar-refractivity contribution in [3.8, 4) is 0 Å². The molecule has 2 rings (SSSR count). The monoisotopic (exact) mass is 252 g/mol. The minimum Gasteiger partial charge on any atom is -0.383 e. The molecule has 4 nitrogen and oxygen atoms in total. The number of rotatable bonds is 4. The first-order chi connectivity index (χ1) is 8.53. The van der Waals surface area contributed by atoms with E-state index in [1.54, 1.807) is 6.20 Å². The molecule has 1 aromatic heterocycles. The first kappa shape index (κ1) is 13.6.